The number of hydrogen-bond donors (Lipinski definition) is 0. The highest BCUT2D eigenvalue weighted by atomic mass is 79.9. The Labute approximate surface area is 119 Å². The molecule has 0 radical (unpaired) electrons. The average molecular weight is 315 g/mol. The molecule has 0 aliphatic rings. The van der Waals surface area contributed by atoms with Gasteiger partial charge in [-0.25, -0.2) is 9.97 Å². The Kier molecular flexibility index (Phi) is 6.02. The molecule has 0 aromatic carbocycles. The molecule has 1 aromatic rings. The van der Waals surface area contributed by atoms with Crippen LogP contribution in [0.3, 0.4) is 0 Å². The Morgan fingerprint density at radius 1 is 1.28 bits per heavy atom. The average Bonchev–Trinajstić information content (AvgIpc) is 2.28. The number of anilines is 1. The molecule has 102 valence electrons. The van der Waals surface area contributed by atoms with E-state index in [0.29, 0.717) is 6.04 Å². The third kappa shape index (κ3) is 4.21. The summed E-state index contributed by atoms with van der Waals surface area (Å²) >= 11 is 3.46. The summed E-state index contributed by atoms with van der Waals surface area (Å²) in [6, 6.07) is 2.42. The van der Waals surface area contributed by atoms with Gasteiger partial charge >= 0.3 is 0 Å². The maximum atomic E-state index is 4.62. The number of likely N-dealkylation sites (N-methyl/N-ethyl adjacent to an activating group) is 2. The highest BCUT2D eigenvalue weighted by molar-refractivity contribution is 9.10. The lowest BCUT2D eigenvalue weighted by molar-refractivity contribution is 0.372. The van der Waals surface area contributed by atoms with Crippen molar-refractivity contribution in [3.63, 3.8) is 0 Å². The highest BCUT2D eigenvalue weighted by Crippen LogP contribution is 2.19. The summed E-state index contributed by atoms with van der Waals surface area (Å²) < 4.78 is 0.861. The van der Waals surface area contributed by atoms with Gasteiger partial charge in [0.1, 0.15) is 16.2 Å². The Balaban J connectivity index is 2.97. The van der Waals surface area contributed by atoms with Crippen molar-refractivity contribution in [2.75, 3.05) is 32.1 Å². The predicted octanol–water partition coefficient (Wildman–Crippen LogP) is 2.58. The van der Waals surface area contributed by atoms with Crippen molar-refractivity contribution in [3.05, 3.63) is 16.5 Å². The molecule has 18 heavy (non-hydrogen) atoms. The van der Waals surface area contributed by atoms with Gasteiger partial charge in [-0.2, -0.15) is 0 Å². The van der Waals surface area contributed by atoms with E-state index < -0.39 is 0 Å². The molecular weight excluding hydrogens is 292 g/mol. The Hall–Kier alpha value is -0.680. The summed E-state index contributed by atoms with van der Waals surface area (Å²) in [5.41, 5.74) is 0. The zero-order valence-electron chi connectivity index (χ0n) is 11.9. The molecule has 0 spiro atoms. The zero-order valence-corrected chi connectivity index (χ0v) is 13.5. The van der Waals surface area contributed by atoms with E-state index >= 15 is 0 Å². The van der Waals surface area contributed by atoms with Gasteiger partial charge in [-0.15, -0.1) is 0 Å². The summed E-state index contributed by atoms with van der Waals surface area (Å²) in [5.74, 6) is 1.89. The third-order valence-electron chi connectivity index (χ3n) is 2.84. The minimum absolute atomic E-state index is 0.427. The number of aromatic nitrogens is 2. The van der Waals surface area contributed by atoms with E-state index in [1.807, 2.05) is 6.07 Å². The van der Waals surface area contributed by atoms with E-state index in [1.54, 1.807) is 0 Å². The number of nitrogens with zero attached hydrogens (tertiary/aromatic N) is 4. The van der Waals surface area contributed by atoms with Crippen LogP contribution in [0.2, 0.25) is 0 Å². The van der Waals surface area contributed by atoms with Gasteiger partial charge in [0.15, 0.2) is 0 Å². The fourth-order valence-corrected chi connectivity index (χ4v) is 2.49. The maximum absolute atomic E-state index is 4.62. The van der Waals surface area contributed by atoms with Gasteiger partial charge in [0.2, 0.25) is 0 Å². The summed E-state index contributed by atoms with van der Waals surface area (Å²) in [6.45, 7) is 8.42. The number of aryl methyl sites for hydroxylation is 1. The molecule has 4 nitrogen and oxygen atoms in total. The Bertz CT molecular complexity index is 381. The first-order chi connectivity index (χ1) is 8.47. The molecule has 5 heteroatoms. The smallest absolute Gasteiger partial charge is 0.133 e. The summed E-state index contributed by atoms with van der Waals surface area (Å²) in [5, 5.41) is 0. The van der Waals surface area contributed by atoms with Crippen LogP contribution in [0.1, 0.15) is 26.6 Å². The molecule has 0 bridgehead atoms. The minimum Gasteiger partial charge on any atom is -0.353 e. The second kappa shape index (κ2) is 7.04. The Morgan fingerprint density at radius 3 is 2.44 bits per heavy atom. The lowest BCUT2D eigenvalue weighted by Crippen LogP contribution is -2.40. The van der Waals surface area contributed by atoms with Crippen LogP contribution in [0.5, 0.6) is 0 Å². The fraction of sp³-hybridized carbons (Fsp3) is 0.692. The SMILES string of the molecule is CCc1nc(Br)cc(N(CC)C(C)CN(C)C)n1. The lowest BCUT2D eigenvalue weighted by atomic mass is 10.2. The van der Waals surface area contributed by atoms with Crippen molar-refractivity contribution in [1.82, 2.24) is 14.9 Å². The van der Waals surface area contributed by atoms with E-state index in [2.05, 4.69) is 70.6 Å². The topological polar surface area (TPSA) is 32.3 Å². The van der Waals surface area contributed by atoms with Crippen LogP contribution in [0, 0.1) is 0 Å². The standard InChI is InChI=1S/C13H23BrN4/c1-6-12-15-11(14)8-13(16-12)18(7-2)10(3)9-17(4)5/h8,10H,6-7,9H2,1-5H3. The largest absolute Gasteiger partial charge is 0.353 e. The van der Waals surface area contributed by atoms with Crippen LogP contribution < -0.4 is 4.90 Å². The van der Waals surface area contributed by atoms with Crippen LogP contribution in [0.25, 0.3) is 0 Å². The van der Waals surface area contributed by atoms with E-state index in [0.717, 1.165) is 35.8 Å². The van der Waals surface area contributed by atoms with Gasteiger partial charge in [0.05, 0.1) is 0 Å². The van der Waals surface area contributed by atoms with Crippen molar-refractivity contribution in [2.45, 2.75) is 33.2 Å². The van der Waals surface area contributed by atoms with E-state index in [1.165, 1.54) is 0 Å². The minimum atomic E-state index is 0.427. The quantitative estimate of drug-likeness (QED) is 0.755. The van der Waals surface area contributed by atoms with Crippen molar-refractivity contribution in [2.24, 2.45) is 0 Å². The van der Waals surface area contributed by atoms with Gasteiger partial charge in [0, 0.05) is 31.6 Å². The molecule has 0 aliphatic heterocycles. The first kappa shape index (κ1) is 15.4. The van der Waals surface area contributed by atoms with E-state index in [-0.39, 0.29) is 0 Å². The first-order valence-corrected chi connectivity index (χ1v) is 7.22. The molecule has 1 unspecified atom stereocenters. The molecule has 0 saturated carbocycles. The normalized spacial score (nSPS) is 12.8. The summed E-state index contributed by atoms with van der Waals surface area (Å²) in [6.07, 6.45) is 0.853. The summed E-state index contributed by atoms with van der Waals surface area (Å²) in [4.78, 5) is 13.5. The zero-order chi connectivity index (χ0) is 13.7. The fourth-order valence-electron chi connectivity index (χ4n) is 2.08. The monoisotopic (exact) mass is 314 g/mol. The lowest BCUT2D eigenvalue weighted by Gasteiger charge is -2.31. The molecule has 1 aromatic heterocycles. The molecule has 0 amide bonds. The van der Waals surface area contributed by atoms with Gasteiger partial charge < -0.3 is 9.80 Å². The second-order valence-electron chi connectivity index (χ2n) is 4.72. The van der Waals surface area contributed by atoms with Crippen molar-refractivity contribution in [3.8, 4) is 0 Å². The predicted molar refractivity (Wildman–Crippen MR) is 80.1 cm³/mol. The van der Waals surface area contributed by atoms with E-state index in [9.17, 15) is 0 Å². The van der Waals surface area contributed by atoms with Crippen LogP contribution in [-0.4, -0.2) is 48.1 Å². The third-order valence-corrected chi connectivity index (χ3v) is 3.25. The second-order valence-corrected chi connectivity index (χ2v) is 5.53. The van der Waals surface area contributed by atoms with Crippen LogP contribution in [0.15, 0.2) is 10.7 Å². The molecule has 1 rings (SSSR count). The Morgan fingerprint density at radius 2 is 1.94 bits per heavy atom. The molecule has 0 aliphatic carbocycles. The van der Waals surface area contributed by atoms with Crippen molar-refractivity contribution >= 4 is 21.7 Å². The van der Waals surface area contributed by atoms with Gasteiger partial charge in [-0.3, -0.25) is 0 Å². The van der Waals surface area contributed by atoms with Crippen molar-refractivity contribution in [1.29, 1.82) is 0 Å². The van der Waals surface area contributed by atoms with Crippen LogP contribution in [-0.2, 0) is 6.42 Å². The molecule has 0 N–H and O–H groups in total. The van der Waals surface area contributed by atoms with Gasteiger partial charge in [-0.05, 0) is 43.9 Å². The molecular formula is C13H23BrN4. The summed E-state index contributed by atoms with van der Waals surface area (Å²) in [7, 11) is 4.19. The van der Waals surface area contributed by atoms with Crippen molar-refractivity contribution < 1.29 is 0 Å². The molecule has 0 fully saturated rings. The number of hydrogen-bond acceptors (Lipinski definition) is 4. The number of rotatable bonds is 6. The number of halogens is 1. The maximum Gasteiger partial charge on any atom is 0.133 e. The first-order valence-electron chi connectivity index (χ1n) is 6.42. The van der Waals surface area contributed by atoms with Crippen LogP contribution in [0.4, 0.5) is 5.82 Å². The molecule has 1 heterocycles. The van der Waals surface area contributed by atoms with E-state index in [4.69, 9.17) is 0 Å². The highest BCUT2D eigenvalue weighted by Gasteiger charge is 2.16. The molecule has 0 saturated heterocycles. The van der Waals surface area contributed by atoms with Gasteiger partial charge in [0.25, 0.3) is 0 Å². The van der Waals surface area contributed by atoms with Crippen LogP contribution >= 0.6 is 15.9 Å². The molecule has 1 atom stereocenters. The van der Waals surface area contributed by atoms with Gasteiger partial charge in [-0.1, -0.05) is 6.92 Å².